The van der Waals surface area contributed by atoms with Gasteiger partial charge in [-0.05, 0) is 85.8 Å². The van der Waals surface area contributed by atoms with Crippen LogP contribution in [0.25, 0.3) is 0 Å². The van der Waals surface area contributed by atoms with Crippen LogP contribution in [0.2, 0.25) is 0 Å². The molecule has 0 saturated heterocycles. The second-order valence-corrected chi connectivity index (χ2v) is 11.5. The van der Waals surface area contributed by atoms with Gasteiger partial charge in [0.2, 0.25) is 0 Å². The zero-order valence-corrected chi connectivity index (χ0v) is 21.8. The van der Waals surface area contributed by atoms with Crippen LogP contribution >= 0.6 is 0 Å². The van der Waals surface area contributed by atoms with E-state index in [1.165, 1.54) is 108 Å². The first-order valence-corrected chi connectivity index (χ1v) is 14.4. The van der Waals surface area contributed by atoms with E-state index < -0.39 is 17.2 Å². The molecular weight excluding hydrogens is 424 g/mol. The second kappa shape index (κ2) is 14.2. The summed E-state index contributed by atoms with van der Waals surface area (Å²) in [5.41, 5.74) is 0.247. The molecule has 2 aliphatic carbocycles. The summed E-state index contributed by atoms with van der Waals surface area (Å²) in [7, 11) is 0. The van der Waals surface area contributed by atoms with Crippen LogP contribution in [-0.2, 0) is 0 Å². The normalized spacial score (nSPS) is 26.2. The molecule has 0 heterocycles. The lowest BCUT2D eigenvalue weighted by Crippen LogP contribution is -2.27. The van der Waals surface area contributed by atoms with Gasteiger partial charge in [-0.2, -0.15) is 5.26 Å². The highest BCUT2D eigenvalue weighted by Crippen LogP contribution is 2.45. The Morgan fingerprint density at radius 1 is 0.794 bits per heavy atom. The highest BCUT2D eigenvalue weighted by Gasteiger charge is 2.33. The highest BCUT2D eigenvalue weighted by molar-refractivity contribution is 5.36. The van der Waals surface area contributed by atoms with Crippen molar-refractivity contribution < 1.29 is 8.78 Å². The van der Waals surface area contributed by atoms with Gasteiger partial charge in [-0.1, -0.05) is 84.5 Å². The van der Waals surface area contributed by atoms with Gasteiger partial charge < -0.3 is 0 Å². The maximum atomic E-state index is 14.1. The Bertz CT molecular complexity index is 743. The van der Waals surface area contributed by atoms with Crippen LogP contribution in [0.5, 0.6) is 0 Å². The van der Waals surface area contributed by atoms with Crippen LogP contribution in [0.4, 0.5) is 8.78 Å². The molecular formula is C31H47F2N. The third kappa shape index (κ3) is 7.79. The van der Waals surface area contributed by atoms with Gasteiger partial charge in [0, 0.05) is 0 Å². The van der Waals surface area contributed by atoms with E-state index in [0.29, 0.717) is 11.5 Å². The van der Waals surface area contributed by atoms with Gasteiger partial charge in [0.05, 0.1) is 0 Å². The number of rotatable bonds is 12. The molecule has 1 aromatic carbocycles. The van der Waals surface area contributed by atoms with Crippen LogP contribution in [0.1, 0.15) is 140 Å². The third-order valence-corrected chi connectivity index (χ3v) is 9.25. The van der Waals surface area contributed by atoms with Crippen LogP contribution < -0.4 is 0 Å². The van der Waals surface area contributed by atoms with Crippen molar-refractivity contribution in [2.75, 3.05) is 0 Å². The van der Waals surface area contributed by atoms with Crippen LogP contribution in [-0.4, -0.2) is 0 Å². The van der Waals surface area contributed by atoms with Gasteiger partial charge in [-0.25, -0.2) is 8.78 Å². The van der Waals surface area contributed by atoms with Gasteiger partial charge in [0.25, 0.3) is 0 Å². The molecule has 0 bridgehead atoms. The monoisotopic (exact) mass is 471 g/mol. The number of hydrogen-bond donors (Lipinski definition) is 0. The quantitative estimate of drug-likeness (QED) is 0.278. The number of benzene rings is 1. The predicted octanol–water partition coefficient (Wildman–Crippen LogP) is 10.1. The Kier molecular flexibility index (Phi) is 11.4. The van der Waals surface area contributed by atoms with Gasteiger partial charge in [-0.15, -0.1) is 0 Å². The van der Waals surface area contributed by atoms with E-state index in [0.717, 1.165) is 30.6 Å². The van der Waals surface area contributed by atoms with E-state index in [1.54, 1.807) is 6.07 Å². The lowest BCUT2D eigenvalue weighted by Gasteiger charge is -2.39. The first-order valence-electron chi connectivity index (χ1n) is 14.4. The Labute approximate surface area is 207 Å². The Hall–Kier alpha value is -1.43. The van der Waals surface area contributed by atoms with Crippen molar-refractivity contribution in [1.29, 1.82) is 5.26 Å². The standard InChI is InChI=1S/C31H47F2N/c1-3-4-5-6-7-8-9-10-11-24-12-14-26(15-13-24)27-18-16-25(17-19-27)23(2)28-20-30(32)29(22-34)31(33)21-28/h20-21,23-27H,3-19H2,1-2H3. The SMILES string of the molecule is CCCCCCCCCCC1CCC(C2CCC(C(C)c3cc(F)c(C#N)c(F)c3)CC2)CC1. The molecule has 1 nitrogen and oxygen atoms in total. The Balaban J connectivity index is 1.33. The fourth-order valence-electron chi connectivity index (χ4n) is 6.87. The van der Waals surface area contributed by atoms with Crippen molar-refractivity contribution in [1.82, 2.24) is 0 Å². The van der Waals surface area contributed by atoms with Gasteiger partial charge in [0.1, 0.15) is 23.3 Å². The maximum absolute atomic E-state index is 14.1. The van der Waals surface area contributed by atoms with Gasteiger partial charge >= 0.3 is 0 Å². The zero-order chi connectivity index (χ0) is 24.3. The summed E-state index contributed by atoms with van der Waals surface area (Å²) in [6, 6.07) is 4.39. The average Bonchev–Trinajstić information content (AvgIpc) is 2.85. The van der Waals surface area contributed by atoms with Gasteiger partial charge in [-0.3, -0.25) is 0 Å². The summed E-state index contributed by atoms with van der Waals surface area (Å²) < 4.78 is 28.2. The summed E-state index contributed by atoms with van der Waals surface area (Å²) in [5.74, 6) is 1.90. The van der Waals surface area contributed by atoms with Crippen molar-refractivity contribution in [3.63, 3.8) is 0 Å². The summed E-state index contributed by atoms with van der Waals surface area (Å²) in [4.78, 5) is 0. The molecule has 0 radical (unpaired) electrons. The van der Waals surface area contributed by atoms with E-state index >= 15 is 0 Å². The van der Waals surface area contributed by atoms with Gasteiger partial charge in [0.15, 0.2) is 0 Å². The Morgan fingerprint density at radius 2 is 1.29 bits per heavy atom. The lowest BCUT2D eigenvalue weighted by molar-refractivity contribution is 0.136. The third-order valence-electron chi connectivity index (χ3n) is 9.25. The molecule has 1 unspecified atom stereocenters. The van der Waals surface area contributed by atoms with Crippen LogP contribution in [0, 0.1) is 46.6 Å². The second-order valence-electron chi connectivity index (χ2n) is 11.5. The van der Waals surface area contributed by atoms with E-state index in [-0.39, 0.29) is 5.92 Å². The number of nitrogens with zero attached hydrogens (tertiary/aromatic N) is 1. The van der Waals surface area contributed by atoms with Crippen molar-refractivity contribution in [3.8, 4) is 6.07 Å². The van der Waals surface area contributed by atoms with Crippen LogP contribution in [0.15, 0.2) is 12.1 Å². The molecule has 2 fully saturated rings. The molecule has 1 atom stereocenters. The minimum atomic E-state index is -0.721. The summed E-state index contributed by atoms with van der Waals surface area (Å²) in [6.07, 6.45) is 23.3. The molecule has 1 aromatic rings. The molecule has 2 saturated carbocycles. The summed E-state index contributed by atoms with van der Waals surface area (Å²) in [6.45, 7) is 4.38. The van der Waals surface area contributed by atoms with Crippen molar-refractivity contribution >= 4 is 0 Å². The molecule has 0 amide bonds. The molecule has 3 rings (SSSR count). The lowest BCUT2D eigenvalue weighted by atomic mass is 9.66. The van der Waals surface area contributed by atoms with E-state index in [9.17, 15) is 8.78 Å². The Morgan fingerprint density at radius 3 is 1.82 bits per heavy atom. The molecule has 0 aliphatic heterocycles. The molecule has 0 aromatic heterocycles. The van der Waals surface area contributed by atoms with Crippen molar-refractivity contribution in [3.05, 3.63) is 34.9 Å². The first kappa shape index (κ1) is 27.2. The predicted molar refractivity (Wildman–Crippen MR) is 138 cm³/mol. The smallest absolute Gasteiger partial charge is 0.144 e. The molecule has 0 N–H and O–H groups in total. The zero-order valence-electron chi connectivity index (χ0n) is 21.8. The van der Waals surface area contributed by atoms with Crippen molar-refractivity contribution in [2.45, 2.75) is 129 Å². The molecule has 190 valence electrons. The first-order chi connectivity index (χ1) is 16.5. The fraction of sp³-hybridized carbons (Fsp3) is 0.774. The molecule has 0 spiro atoms. The number of halogens is 2. The summed E-state index contributed by atoms with van der Waals surface area (Å²) >= 11 is 0. The fourth-order valence-corrected chi connectivity index (χ4v) is 6.87. The van der Waals surface area contributed by atoms with Crippen molar-refractivity contribution in [2.24, 2.45) is 23.7 Å². The number of nitriles is 1. The van der Waals surface area contributed by atoms with E-state index in [4.69, 9.17) is 5.26 Å². The highest BCUT2D eigenvalue weighted by atomic mass is 19.1. The molecule has 2 aliphatic rings. The molecule has 3 heteroatoms. The number of unbranched alkanes of at least 4 members (excludes halogenated alkanes) is 7. The maximum Gasteiger partial charge on any atom is 0.144 e. The molecule has 34 heavy (non-hydrogen) atoms. The van der Waals surface area contributed by atoms with E-state index in [2.05, 4.69) is 13.8 Å². The topological polar surface area (TPSA) is 23.8 Å². The van der Waals surface area contributed by atoms with Crippen LogP contribution in [0.3, 0.4) is 0 Å². The number of hydrogen-bond acceptors (Lipinski definition) is 1. The minimum absolute atomic E-state index is 0.139. The van der Waals surface area contributed by atoms with E-state index in [1.807, 2.05) is 0 Å². The largest absolute Gasteiger partial charge is 0.205 e. The minimum Gasteiger partial charge on any atom is -0.205 e. The average molecular weight is 472 g/mol. The summed E-state index contributed by atoms with van der Waals surface area (Å²) in [5, 5.41) is 8.91.